The fraction of sp³-hybridized carbons (Fsp3) is 0.368. The second kappa shape index (κ2) is 8.06. The minimum atomic E-state index is -3.58. The monoisotopic (exact) mass is 422 g/mol. The Kier molecular flexibility index (Phi) is 5.92. The second-order valence-electron chi connectivity index (χ2n) is 6.43. The van der Waals surface area contributed by atoms with Crippen molar-refractivity contribution in [2.75, 3.05) is 13.1 Å². The summed E-state index contributed by atoms with van der Waals surface area (Å²) in [5.74, 6) is 0.585. The van der Waals surface area contributed by atoms with Gasteiger partial charge in [0.2, 0.25) is 10.0 Å². The molecule has 0 radical (unpaired) electrons. The zero-order chi connectivity index (χ0) is 20.5. The first-order valence-electron chi connectivity index (χ1n) is 9.03. The summed E-state index contributed by atoms with van der Waals surface area (Å²) in [6.07, 6.45) is 0. The van der Waals surface area contributed by atoms with Gasteiger partial charge in [0.05, 0.1) is 11.4 Å². The van der Waals surface area contributed by atoms with Crippen molar-refractivity contribution in [3.63, 3.8) is 0 Å². The molecule has 0 spiro atoms. The van der Waals surface area contributed by atoms with Gasteiger partial charge in [0.15, 0.2) is 5.76 Å². The van der Waals surface area contributed by atoms with Crippen LogP contribution in [-0.2, 0) is 16.6 Å². The maximum atomic E-state index is 12.9. The molecule has 0 saturated heterocycles. The Bertz CT molecular complexity index is 1070. The van der Waals surface area contributed by atoms with Crippen LogP contribution in [0.2, 0.25) is 5.02 Å². The number of aryl methyl sites for hydroxylation is 1. The molecule has 0 saturated carbocycles. The third-order valence-corrected chi connectivity index (χ3v) is 7.18. The first-order chi connectivity index (χ1) is 13.3. The minimum Gasteiger partial charge on any atom is -0.359 e. The summed E-state index contributed by atoms with van der Waals surface area (Å²) in [7, 11) is -3.58. The first-order valence-corrected chi connectivity index (χ1v) is 10.8. The quantitative estimate of drug-likeness (QED) is 0.577. The van der Waals surface area contributed by atoms with Crippen LogP contribution in [0.25, 0.3) is 11.3 Å². The van der Waals surface area contributed by atoms with Crippen molar-refractivity contribution in [3.05, 3.63) is 52.5 Å². The highest BCUT2D eigenvalue weighted by molar-refractivity contribution is 7.89. The van der Waals surface area contributed by atoms with Crippen molar-refractivity contribution >= 4 is 21.6 Å². The molecule has 9 heteroatoms. The highest BCUT2D eigenvalue weighted by atomic mass is 35.5. The van der Waals surface area contributed by atoms with Crippen LogP contribution < -0.4 is 0 Å². The lowest BCUT2D eigenvalue weighted by molar-refractivity contribution is 0.371. The lowest BCUT2D eigenvalue weighted by Gasteiger charge is -2.18. The highest BCUT2D eigenvalue weighted by Gasteiger charge is 2.29. The van der Waals surface area contributed by atoms with E-state index in [2.05, 4.69) is 10.3 Å². The summed E-state index contributed by atoms with van der Waals surface area (Å²) in [4.78, 5) is 0.258. The molecular weight excluding hydrogens is 400 g/mol. The second-order valence-corrected chi connectivity index (χ2v) is 8.74. The van der Waals surface area contributed by atoms with Crippen LogP contribution in [0, 0.1) is 13.8 Å². The van der Waals surface area contributed by atoms with Gasteiger partial charge in [-0.3, -0.25) is 4.68 Å². The summed E-state index contributed by atoms with van der Waals surface area (Å²) in [6.45, 7) is 8.23. The molecule has 0 bridgehead atoms. The number of benzene rings is 1. The minimum absolute atomic E-state index is 0.258. The number of sulfonamides is 1. The molecular formula is C19H23ClN4O3S. The van der Waals surface area contributed by atoms with E-state index in [1.165, 1.54) is 4.31 Å². The Morgan fingerprint density at radius 2 is 1.79 bits per heavy atom. The topological polar surface area (TPSA) is 81.2 Å². The van der Waals surface area contributed by atoms with Crippen molar-refractivity contribution in [1.29, 1.82) is 0 Å². The lowest BCUT2D eigenvalue weighted by Crippen LogP contribution is -2.31. The van der Waals surface area contributed by atoms with Crippen LogP contribution in [0.5, 0.6) is 0 Å². The summed E-state index contributed by atoms with van der Waals surface area (Å²) >= 11 is 5.92. The molecule has 3 rings (SSSR count). The number of nitrogens with zero attached hydrogens (tertiary/aromatic N) is 4. The number of aromatic nitrogens is 3. The van der Waals surface area contributed by atoms with Gasteiger partial charge in [0, 0.05) is 29.7 Å². The summed E-state index contributed by atoms with van der Waals surface area (Å²) in [5, 5.41) is 9.16. The van der Waals surface area contributed by atoms with Crippen LogP contribution in [0.15, 0.2) is 39.8 Å². The third-order valence-electron chi connectivity index (χ3n) is 4.62. The van der Waals surface area contributed by atoms with E-state index in [0.717, 1.165) is 5.56 Å². The van der Waals surface area contributed by atoms with Crippen LogP contribution in [-0.4, -0.2) is 40.7 Å². The predicted molar refractivity (Wildman–Crippen MR) is 108 cm³/mol. The SMILES string of the molecule is CCN(CC)S(=O)(=O)c1c(C)nn(Cc2cc(-c3ccc(Cl)cc3)no2)c1C. The molecule has 0 N–H and O–H groups in total. The van der Waals surface area contributed by atoms with E-state index in [1.807, 2.05) is 32.0 Å². The molecule has 0 aliphatic heterocycles. The fourth-order valence-corrected chi connectivity index (χ4v) is 5.15. The maximum Gasteiger partial charge on any atom is 0.246 e. The van der Waals surface area contributed by atoms with Gasteiger partial charge in [0.1, 0.15) is 17.1 Å². The molecule has 0 aliphatic carbocycles. The zero-order valence-electron chi connectivity index (χ0n) is 16.3. The molecule has 7 nitrogen and oxygen atoms in total. The Morgan fingerprint density at radius 3 is 2.39 bits per heavy atom. The molecule has 3 aromatic rings. The van der Waals surface area contributed by atoms with Gasteiger partial charge < -0.3 is 4.52 Å². The average Bonchev–Trinajstić information content (AvgIpc) is 3.21. The average molecular weight is 423 g/mol. The van der Waals surface area contributed by atoms with E-state index >= 15 is 0 Å². The van der Waals surface area contributed by atoms with Gasteiger partial charge >= 0.3 is 0 Å². The molecule has 1 aromatic carbocycles. The summed E-state index contributed by atoms with van der Waals surface area (Å²) in [5.41, 5.74) is 2.62. The Balaban J connectivity index is 1.90. The molecule has 150 valence electrons. The number of hydrogen-bond acceptors (Lipinski definition) is 5. The maximum absolute atomic E-state index is 12.9. The van der Waals surface area contributed by atoms with E-state index in [4.69, 9.17) is 16.1 Å². The number of hydrogen-bond donors (Lipinski definition) is 0. The Labute approximate surface area is 169 Å². The van der Waals surface area contributed by atoms with Crippen molar-refractivity contribution in [1.82, 2.24) is 19.2 Å². The molecule has 0 aliphatic rings. The van der Waals surface area contributed by atoms with Gasteiger partial charge in [-0.2, -0.15) is 9.40 Å². The number of rotatable bonds is 7. The van der Waals surface area contributed by atoms with Crippen LogP contribution in [0.4, 0.5) is 0 Å². The third kappa shape index (κ3) is 3.85. The Morgan fingerprint density at radius 1 is 1.14 bits per heavy atom. The normalized spacial score (nSPS) is 12.1. The molecule has 2 aromatic heterocycles. The molecule has 28 heavy (non-hydrogen) atoms. The first kappa shape index (κ1) is 20.6. The van der Waals surface area contributed by atoms with Gasteiger partial charge in [-0.1, -0.05) is 42.7 Å². The van der Waals surface area contributed by atoms with Crippen molar-refractivity contribution in [3.8, 4) is 11.3 Å². The van der Waals surface area contributed by atoms with Crippen molar-refractivity contribution in [2.45, 2.75) is 39.1 Å². The molecule has 2 heterocycles. The van der Waals surface area contributed by atoms with E-state index in [9.17, 15) is 8.42 Å². The number of halogens is 1. The molecule has 0 unspecified atom stereocenters. The molecule has 0 fully saturated rings. The van der Waals surface area contributed by atoms with Gasteiger partial charge in [-0.05, 0) is 26.0 Å². The Hall–Kier alpha value is -2.16. The van der Waals surface area contributed by atoms with Crippen molar-refractivity contribution < 1.29 is 12.9 Å². The van der Waals surface area contributed by atoms with Gasteiger partial charge in [-0.25, -0.2) is 8.42 Å². The fourth-order valence-electron chi connectivity index (χ4n) is 3.19. The van der Waals surface area contributed by atoms with E-state index in [1.54, 1.807) is 30.7 Å². The van der Waals surface area contributed by atoms with Gasteiger partial charge in [-0.15, -0.1) is 0 Å². The smallest absolute Gasteiger partial charge is 0.246 e. The summed E-state index contributed by atoms with van der Waals surface area (Å²) < 4.78 is 34.4. The standard InChI is InChI=1S/C19H23ClN4O3S/c1-5-23(6-2)28(25,26)19-13(3)21-24(14(19)4)12-17-11-18(22-27-17)15-7-9-16(20)10-8-15/h7-11H,5-6,12H2,1-4H3. The van der Waals surface area contributed by atoms with E-state index < -0.39 is 10.0 Å². The molecule has 0 amide bonds. The molecule has 0 atom stereocenters. The van der Waals surface area contributed by atoms with Crippen molar-refractivity contribution in [2.24, 2.45) is 0 Å². The largest absolute Gasteiger partial charge is 0.359 e. The predicted octanol–water partition coefficient (Wildman–Crippen LogP) is 3.89. The van der Waals surface area contributed by atoms with Crippen LogP contribution in [0.1, 0.15) is 31.0 Å². The van der Waals surface area contributed by atoms with E-state index in [-0.39, 0.29) is 4.90 Å². The van der Waals surface area contributed by atoms with Crippen LogP contribution in [0.3, 0.4) is 0 Å². The zero-order valence-corrected chi connectivity index (χ0v) is 17.9. The van der Waals surface area contributed by atoms with Crippen LogP contribution >= 0.6 is 11.6 Å². The van der Waals surface area contributed by atoms with Gasteiger partial charge in [0.25, 0.3) is 0 Å². The lowest BCUT2D eigenvalue weighted by atomic mass is 10.1. The van der Waals surface area contributed by atoms with E-state index in [0.29, 0.717) is 47.5 Å². The highest BCUT2D eigenvalue weighted by Crippen LogP contribution is 2.25. The summed E-state index contributed by atoms with van der Waals surface area (Å²) in [6, 6.07) is 9.12.